The first kappa shape index (κ1) is 22.1. The lowest BCUT2D eigenvalue weighted by atomic mass is 10.1. The van der Waals surface area contributed by atoms with Crippen molar-refractivity contribution in [2.24, 2.45) is 5.92 Å². The van der Waals surface area contributed by atoms with Gasteiger partial charge in [0.1, 0.15) is 0 Å². The summed E-state index contributed by atoms with van der Waals surface area (Å²) in [5, 5.41) is 5.68. The molecule has 0 aromatic heterocycles. The number of amides is 2. The van der Waals surface area contributed by atoms with Gasteiger partial charge in [0.25, 0.3) is 0 Å². The van der Waals surface area contributed by atoms with E-state index in [1.54, 1.807) is 51.7 Å². The number of nitrogens with one attached hydrogen (secondary N) is 2. The number of hydrogen-bond acceptors (Lipinski definition) is 5. The fourth-order valence-electron chi connectivity index (χ4n) is 2.79. The monoisotopic (exact) mass is 400 g/mol. The van der Waals surface area contributed by atoms with Crippen LogP contribution in [0.15, 0.2) is 36.4 Å². The van der Waals surface area contributed by atoms with Crippen LogP contribution >= 0.6 is 0 Å². The Kier molecular flexibility index (Phi) is 7.88. The van der Waals surface area contributed by atoms with Crippen molar-refractivity contribution in [3.05, 3.63) is 42.0 Å². The first-order valence-electron chi connectivity index (χ1n) is 9.38. The van der Waals surface area contributed by atoms with Crippen molar-refractivity contribution in [3.63, 3.8) is 0 Å². The van der Waals surface area contributed by atoms with Gasteiger partial charge in [-0.2, -0.15) is 0 Å². The summed E-state index contributed by atoms with van der Waals surface area (Å²) in [6.07, 6.45) is 0.730. The smallest absolute Gasteiger partial charge is 0.226 e. The molecule has 0 unspecified atom stereocenters. The van der Waals surface area contributed by atoms with Crippen LogP contribution < -0.4 is 24.8 Å². The number of hydrogen-bond donors (Lipinski definition) is 2. The Morgan fingerprint density at radius 3 is 2.14 bits per heavy atom. The number of methoxy groups -OCH3 is 3. The molecule has 0 aliphatic rings. The molecular formula is C22H28N2O5. The van der Waals surface area contributed by atoms with Gasteiger partial charge in [-0.1, -0.05) is 26.0 Å². The molecule has 2 aromatic carbocycles. The lowest BCUT2D eigenvalue weighted by Crippen LogP contribution is -2.18. The fourth-order valence-corrected chi connectivity index (χ4v) is 2.79. The number of aryl methyl sites for hydroxylation is 1. The molecule has 0 saturated heterocycles. The van der Waals surface area contributed by atoms with E-state index in [2.05, 4.69) is 10.6 Å². The van der Waals surface area contributed by atoms with Gasteiger partial charge < -0.3 is 24.8 Å². The van der Waals surface area contributed by atoms with Crippen LogP contribution in [0.2, 0.25) is 0 Å². The van der Waals surface area contributed by atoms with E-state index in [1.165, 1.54) is 0 Å². The number of rotatable bonds is 9. The van der Waals surface area contributed by atoms with Crippen LogP contribution in [0.3, 0.4) is 0 Å². The molecule has 29 heavy (non-hydrogen) atoms. The van der Waals surface area contributed by atoms with Crippen LogP contribution in [0.5, 0.6) is 17.2 Å². The summed E-state index contributed by atoms with van der Waals surface area (Å²) in [5.74, 6) is 1.28. The predicted molar refractivity (Wildman–Crippen MR) is 113 cm³/mol. The van der Waals surface area contributed by atoms with E-state index >= 15 is 0 Å². The molecule has 7 nitrogen and oxygen atoms in total. The minimum Gasteiger partial charge on any atom is -0.493 e. The second kappa shape index (κ2) is 10.4. The summed E-state index contributed by atoms with van der Waals surface area (Å²) >= 11 is 0. The summed E-state index contributed by atoms with van der Waals surface area (Å²) in [5.41, 5.74) is 2.11. The zero-order chi connectivity index (χ0) is 21.4. The van der Waals surface area contributed by atoms with Gasteiger partial charge in [0.15, 0.2) is 11.5 Å². The molecule has 0 heterocycles. The van der Waals surface area contributed by atoms with Crippen molar-refractivity contribution in [1.29, 1.82) is 0 Å². The van der Waals surface area contributed by atoms with E-state index in [1.807, 2.05) is 19.9 Å². The molecule has 0 fully saturated rings. The van der Waals surface area contributed by atoms with Crippen molar-refractivity contribution in [1.82, 2.24) is 0 Å². The maximum atomic E-state index is 12.4. The van der Waals surface area contributed by atoms with Crippen LogP contribution in [0.25, 0.3) is 0 Å². The number of carbonyl (C=O) groups excluding carboxylic acids is 2. The Hall–Kier alpha value is -3.22. The summed E-state index contributed by atoms with van der Waals surface area (Å²) in [6.45, 7) is 3.65. The minimum atomic E-state index is -0.144. The van der Waals surface area contributed by atoms with Gasteiger partial charge in [0.2, 0.25) is 17.6 Å². The van der Waals surface area contributed by atoms with E-state index in [0.717, 1.165) is 5.56 Å². The highest BCUT2D eigenvalue weighted by Crippen LogP contribution is 2.40. The molecule has 2 amide bonds. The molecule has 0 atom stereocenters. The van der Waals surface area contributed by atoms with Crippen LogP contribution in [-0.2, 0) is 16.0 Å². The summed E-state index contributed by atoms with van der Waals surface area (Å²) in [4.78, 5) is 24.2. The molecule has 2 aromatic rings. The Bertz CT molecular complexity index is 864. The highest BCUT2D eigenvalue weighted by molar-refractivity contribution is 5.94. The molecule has 156 valence electrons. The molecule has 0 radical (unpaired) electrons. The summed E-state index contributed by atoms with van der Waals surface area (Å²) < 4.78 is 16.1. The number of benzene rings is 2. The second-order valence-corrected chi connectivity index (χ2v) is 6.77. The lowest BCUT2D eigenvalue weighted by molar-refractivity contribution is -0.119. The standard InChI is InChI=1S/C22H28N2O5/c1-14(2)22(26)24-17-8-6-7-16(13-17)23-19(25)12-10-15-9-11-18(27-3)21(29-5)20(15)28-4/h6-9,11,13-14H,10,12H2,1-5H3,(H,23,25)(H,24,26). The zero-order valence-corrected chi connectivity index (χ0v) is 17.5. The zero-order valence-electron chi connectivity index (χ0n) is 17.5. The van der Waals surface area contributed by atoms with Crippen molar-refractivity contribution in [2.75, 3.05) is 32.0 Å². The van der Waals surface area contributed by atoms with Gasteiger partial charge in [0.05, 0.1) is 21.3 Å². The third kappa shape index (κ3) is 5.88. The van der Waals surface area contributed by atoms with Crippen LogP contribution in [0.4, 0.5) is 11.4 Å². The van der Waals surface area contributed by atoms with Crippen molar-refractivity contribution < 1.29 is 23.8 Å². The third-order valence-corrected chi connectivity index (χ3v) is 4.35. The van der Waals surface area contributed by atoms with Gasteiger partial charge >= 0.3 is 0 Å². The van der Waals surface area contributed by atoms with Gasteiger partial charge in [0, 0.05) is 23.7 Å². The van der Waals surface area contributed by atoms with E-state index in [0.29, 0.717) is 35.0 Å². The fraction of sp³-hybridized carbons (Fsp3) is 0.364. The molecule has 7 heteroatoms. The quantitative estimate of drug-likeness (QED) is 0.667. The van der Waals surface area contributed by atoms with E-state index in [-0.39, 0.29) is 24.2 Å². The minimum absolute atomic E-state index is 0.0750. The normalized spacial score (nSPS) is 10.4. The maximum Gasteiger partial charge on any atom is 0.226 e. The van der Waals surface area contributed by atoms with E-state index < -0.39 is 0 Å². The molecule has 0 saturated carbocycles. The average molecular weight is 400 g/mol. The number of ether oxygens (including phenoxy) is 3. The van der Waals surface area contributed by atoms with E-state index in [9.17, 15) is 9.59 Å². The van der Waals surface area contributed by atoms with Crippen molar-refractivity contribution in [2.45, 2.75) is 26.7 Å². The van der Waals surface area contributed by atoms with E-state index in [4.69, 9.17) is 14.2 Å². The first-order valence-corrected chi connectivity index (χ1v) is 9.38. The maximum absolute atomic E-state index is 12.4. The molecule has 2 N–H and O–H groups in total. The Balaban J connectivity index is 2.03. The lowest BCUT2D eigenvalue weighted by Gasteiger charge is -2.15. The molecule has 0 aliphatic heterocycles. The van der Waals surface area contributed by atoms with Crippen molar-refractivity contribution in [3.8, 4) is 17.2 Å². The predicted octanol–water partition coefficient (Wildman–Crippen LogP) is 3.88. The second-order valence-electron chi connectivity index (χ2n) is 6.77. The SMILES string of the molecule is COc1ccc(CCC(=O)Nc2cccc(NC(=O)C(C)C)c2)c(OC)c1OC. The molecule has 0 spiro atoms. The van der Waals surface area contributed by atoms with Crippen LogP contribution in [-0.4, -0.2) is 33.1 Å². The number of carbonyl (C=O) groups is 2. The van der Waals surface area contributed by atoms with Crippen molar-refractivity contribution >= 4 is 23.2 Å². The van der Waals surface area contributed by atoms with Gasteiger partial charge in [-0.3, -0.25) is 9.59 Å². The number of anilines is 2. The Morgan fingerprint density at radius 1 is 0.897 bits per heavy atom. The summed E-state index contributed by atoms with van der Waals surface area (Å²) in [7, 11) is 4.65. The first-order chi connectivity index (χ1) is 13.9. The Morgan fingerprint density at radius 2 is 1.55 bits per heavy atom. The summed E-state index contributed by atoms with van der Waals surface area (Å²) in [6, 6.07) is 10.7. The topological polar surface area (TPSA) is 85.9 Å². The highest BCUT2D eigenvalue weighted by atomic mass is 16.5. The average Bonchev–Trinajstić information content (AvgIpc) is 2.71. The molecule has 0 bridgehead atoms. The largest absolute Gasteiger partial charge is 0.493 e. The van der Waals surface area contributed by atoms with Gasteiger partial charge in [-0.15, -0.1) is 0 Å². The van der Waals surface area contributed by atoms with Gasteiger partial charge in [-0.25, -0.2) is 0 Å². The van der Waals surface area contributed by atoms with Gasteiger partial charge in [-0.05, 0) is 36.2 Å². The molecule has 2 rings (SSSR count). The molecule has 0 aliphatic carbocycles. The van der Waals surface area contributed by atoms with Crippen LogP contribution in [0, 0.1) is 5.92 Å². The third-order valence-electron chi connectivity index (χ3n) is 4.35. The molecular weight excluding hydrogens is 372 g/mol. The highest BCUT2D eigenvalue weighted by Gasteiger charge is 2.16. The Labute approximate surface area is 171 Å². The van der Waals surface area contributed by atoms with Crippen LogP contribution in [0.1, 0.15) is 25.8 Å².